The van der Waals surface area contributed by atoms with Gasteiger partial charge in [-0.1, -0.05) is 12.2 Å². The van der Waals surface area contributed by atoms with Crippen molar-refractivity contribution in [1.29, 1.82) is 0 Å². The van der Waals surface area contributed by atoms with E-state index in [0.717, 1.165) is 12.8 Å². The molecule has 108 valence electrons. The van der Waals surface area contributed by atoms with Crippen LogP contribution in [0.2, 0.25) is 0 Å². The van der Waals surface area contributed by atoms with Crippen LogP contribution in [0.3, 0.4) is 0 Å². The van der Waals surface area contributed by atoms with Gasteiger partial charge < -0.3 is 9.64 Å². The Bertz CT molecular complexity index is 470. The van der Waals surface area contributed by atoms with Crippen LogP contribution in [0, 0.1) is 11.7 Å². The van der Waals surface area contributed by atoms with E-state index in [1.54, 1.807) is 24.1 Å². The van der Waals surface area contributed by atoms with Gasteiger partial charge in [-0.3, -0.25) is 4.79 Å². The lowest BCUT2D eigenvalue weighted by molar-refractivity contribution is -0.130. The molecule has 0 spiro atoms. The van der Waals surface area contributed by atoms with Crippen LogP contribution in [0.5, 0.6) is 5.75 Å². The first-order valence-electron chi connectivity index (χ1n) is 6.94. The lowest BCUT2D eigenvalue weighted by Crippen LogP contribution is -2.31. The zero-order valence-electron chi connectivity index (χ0n) is 11.7. The summed E-state index contributed by atoms with van der Waals surface area (Å²) in [5.74, 6) is 0.868. The number of nitrogens with zero attached hydrogens (tertiary/aromatic N) is 1. The van der Waals surface area contributed by atoms with E-state index in [1.165, 1.54) is 12.1 Å². The van der Waals surface area contributed by atoms with E-state index >= 15 is 0 Å². The highest BCUT2D eigenvalue weighted by Gasteiger charge is 2.16. The number of rotatable bonds is 6. The molecule has 0 saturated carbocycles. The maximum atomic E-state index is 12.7. The first kappa shape index (κ1) is 14.6. The number of carbonyl (C=O) groups is 1. The fourth-order valence-corrected chi connectivity index (χ4v) is 2.20. The van der Waals surface area contributed by atoms with Gasteiger partial charge in [0.15, 0.2) is 0 Å². The molecular formula is C16H20FNO2. The van der Waals surface area contributed by atoms with Gasteiger partial charge in [0.25, 0.3) is 0 Å². The van der Waals surface area contributed by atoms with E-state index < -0.39 is 0 Å². The Morgan fingerprint density at radius 3 is 2.80 bits per heavy atom. The van der Waals surface area contributed by atoms with Crippen molar-refractivity contribution in [3.05, 3.63) is 42.2 Å². The molecule has 1 aliphatic rings. The van der Waals surface area contributed by atoms with E-state index in [-0.39, 0.29) is 11.7 Å². The van der Waals surface area contributed by atoms with Crippen molar-refractivity contribution in [3.8, 4) is 5.75 Å². The monoisotopic (exact) mass is 277 g/mol. The van der Waals surface area contributed by atoms with Crippen molar-refractivity contribution in [2.75, 3.05) is 20.2 Å². The Balaban J connectivity index is 1.68. The zero-order chi connectivity index (χ0) is 14.4. The molecule has 1 aliphatic carbocycles. The van der Waals surface area contributed by atoms with Crippen LogP contribution in [0.15, 0.2) is 36.4 Å². The minimum absolute atomic E-state index is 0.143. The molecule has 1 aromatic carbocycles. The van der Waals surface area contributed by atoms with Gasteiger partial charge in [0.2, 0.25) is 5.91 Å². The van der Waals surface area contributed by atoms with Crippen molar-refractivity contribution in [2.45, 2.75) is 19.3 Å². The van der Waals surface area contributed by atoms with E-state index in [4.69, 9.17) is 4.74 Å². The van der Waals surface area contributed by atoms with Gasteiger partial charge in [-0.15, -0.1) is 0 Å². The molecule has 1 atom stereocenters. The average Bonchev–Trinajstić information content (AvgIpc) is 2.93. The molecule has 0 aliphatic heterocycles. The van der Waals surface area contributed by atoms with Crippen molar-refractivity contribution >= 4 is 5.91 Å². The summed E-state index contributed by atoms with van der Waals surface area (Å²) in [5.41, 5.74) is 0. The molecule has 0 fully saturated rings. The van der Waals surface area contributed by atoms with Gasteiger partial charge in [-0.25, -0.2) is 4.39 Å². The first-order valence-corrected chi connectivity index (χ1v) is 6.94. The van der Waals surface area contributed by atoms with Crippen LogP contribution in [0.25, 0.3) is 0 Å². The average molecular weight is 277 g/mol. The Labute approximate surface area is 119 Å². The second kappa shape index (κ2) is 7.08. The SMILES string of the molecule is CN(CCOc1ccc(F)cc1)C(=O)C[C@@H]1C=CCC1. The summed E-state index contributed by atoms with van der Waals surface area (Å²) in [7, 11) is 1.79. The van der Waals surface area contributed by atoms with Crippen LogP contribution in [-0.4, -0.2) is 31.0 Å². The van der Waals surface area contributed by atoms with Crippen LogP contribution in [0.1, 0.15) is 19.3 Å². The number of hydrogen-bond acceptors (Lipinski definition) is 2. The quantitative estimate of drug-likeness (QED) is 0.748. The van der Waals surface area contributed by atoms with E-state index in [0.29, 0.717) is 31.2 Å². The van der Waals surface area contributed by atoms with Crippen molar-refractivity contribution in [1.82, 2.24) is 4.90 Å². The fourth-order valence-electron chi connectivity index (χ4n) is 2.20. The summed E-state index contributed by atoms with van der Waals surface area (Å²) < 4.78 is 18.2. The summed E-state index contributed by atoms with van der Waals surface area (Å²) in [6, 6.07) is 5.88. The predicted molar refractivity (Wildman–Crippen MR) is 76.0 cm³/mol. The van der Waals surface area contributed by atoms with Crippen LogP contribution < -0.4 is 4.74 Å². The number of benzene rings is 1. The number of allylic oxidation sites excluding steroid dienone is 2. The van der Waals surface area contributed by atoms with Crippen LogP contribution >= 0.6 is 0 Å². The van der Waals surface area contributed by atoms with Crippen molar-refractivity contribution in [3.63, 3.8) is 0 Å². The molecule has 1 aromatic rings. The number of ether oxygens (including phenoxy) is 1. The molecule has 20 heavy (non-hydrogen) atoms. The lowest BCUT2D eigenvalue weighted by Gasteiger charge is -2.19. The summed E-state index contributed by atoms with van der Waals surface area (Å²) in [4.78, 5) is 13.7. The maximum Gasteiger partial charge on any atom is 0.223 e. The molecule has 2 rings (SSSR count). The number of hydrogen-bond donors (Lipinski definition) is 0. The highest BCUT2D eigenvalue weighted by Crippen LogP contribution is 2.20. The van der Waals surface area contributed by atoms with E-state index in [2.05, 4.69) is 12.2 Å². The minimum atomic E-state index is -0.283. The molecule has 0 radical (unpaired) electrons. The molecule has 3 nitrogen and oxygen atoms in total. The molecule has 0 saturated heterocycles. The highest BCUT2D eigenvalue weighted by molar-refractivity contribution is 5.76. The Morgan fingerprint density at radius 1 is 1.40 bits per heavy atom. The summed E-state index contributed by atoms with van der Waals surface area (Å²) in [6.45, 7) is 0.945. The van der Waals surface area contributed by atoms with Gasteiger partial charge in [0, 0.05) is 13.5 Å². The Morgan fingerprint density at radius 2 is 2.15 bits per heavy atom. The second-order valence-corrected chi connectivity index (χ2v) is 5.09. The molecule has 0 N–H and O–H groups in total. The zero-order valence-corrected chi connectivity index (χ0v) is 11.7. The van der Waals surface area contributed by atoms with Gasteiger partial charge in [-0.05, 0) is 43.0 Å². The molecule has 0 heterocycles. The lowest BCUT2D eigenvalue weighted by atomic mass is 10.0. The molecule has 0 bridgehead atoms. The predicted octanol–water partition coefficient (Wildman–Crippen LogP) is 3.02. The topological polar surface area (TPSA) is 29.5 Å². The van der Waals surface area contributed by atoms with Crippen LogP contribution in [0.4, 0.5) is 4.39 Å². The smallest absolute Gasteiger partial charge is 0.223 e. The van der Waals surface area contributed by atoms with Crippen LogP contribution in [-0.2, 0) is 4.79 Å². The largest absolute Gasteiger partial charge is 0.492 e. The third-order valence-corrected chi connectivity index (χ3v) is 3.48. The molecule has 1 amide bonds. The molecule has 4 heteroatoms. The number of halogens is 1. The fraction of sp³-hybridized carbons (Fsp3) is 0.438. The summed E-state index contributed by atoms with van der Waals surface area (Å²) in [5, 5.41) is 0. The molecular weight excluding hydrogens is 257 g/mol. The van der Waals surface area contributed by atoms with Gasteiger partial charge in [0.05, 0.1) is 6.54 Å². The van der Waals surface area contributed by atoms with Crippen molar-refractivity contribution < 1.29 is 13.9 Å². The number of carbonyl (C=O) groups excluding carboxylic acids is 1. The molecule has 0 unspecified atom stereocenters. The van der Waals surface area contributed by atoms with E-state index in [1.807, 2.05) is 0 Å². The number of amides is 1. The second-order valence-electron chi connectivity index (χ2n) is 5.09. The summed E-state index contributed by atoms with van der Waals surface area (Å²) >= 11 is 0. The van der Waals surface area contributed by atoms with E-state index in [9.17, 15) is 9.18 Å². The highest BCUT2D eigenvalue weighted by atomic mass is 19.1. The third kappa shape index (κ3) is 4.37. The molecule has 0 aromatic heterocycles. The van der Waals surface area contributed by atoms with Gasteiger partial charge in [-0.2, -0.15) is 0 Å². The Kier molecular flexibility index (Phi) is 5.16. The summed E-state index contributed by atoms with van der Waals surface area (Å²) in [6.07, 6.45) is 6.99. The standard InChI is InChI=1S/C16H20FNO2/c1-18(16(19)12-13-4-2-3-5-13)10-11-20-15-8-6-14(17)7-9-15/h2,4,6-9,13H,3,5,10-12H2,1H3/t13-/m1/s1. The normalized spacial score (nSPS) is 17.2. The van der Waals surface area contributed by atoms with Gasteiger partial charge in [0.1, 0.15) is 18.2 Å². The first-order chi connectivity index (χ1) is 9.65. The van der Waals surface area contributed by atoms with Crippen molar-refractivity contribution in [2.24, 2.45) is 5.92 Å². The third-order valence-electron chi connectivity index (χ3n) is 3.48. The van der Waals surface area contributed by atoms with Gasteiger partial charge >= 0.3 is 0 Å². The Hall–Kier alpha value is -1.84. The number of likely N-dealkylation sites (N-methyl/N-ethyl adjacent to an activating group) is 1. The maximum absolute atomic E-state index is 12.7. The minimum Gasteiger partial charge on any atom is -0.492 e.